The van der Waals surface area contributed by atoms with E-state index in [9.17, 15) is 8.42 Å². The zero-order chi connectivity index (χ0) is 11.2. The average Bonchev–Trinajstić information content (AvgIpc) is 2.12. The normalized spacial score (nSPS) is 16.6. The molecule has 0 rings (SSSR count). The van der Waals surface area contributed by atoms with E-state index in [-0.39, 0.29) is 12.6 Å². The van der Waals surface area contributed by atoms with Gasteiger partial charge in [0.25, 0.3) is 0 Å². The van der Waals surface area contributed by atoms with Crippen molar-refractivity contribution in [3.8, 4) is 0 Å². The molecule has 0 heterocycles. The fourth-order valence-corrected chi connectivity index (χ4v) is 1.97. The molecule has 0 aromatic rings. The van der Waals surface area contributed by atoms with Crippen LogP contribution in [-0.4, -0.2) is 39.5 Å². The number of hydrogen-bond donors (Lipinski definition) is 2. The van der Waals surface area contributed by atoms with Crippen molar-refractivity contribution in [2.75, 3.05) is 19.8 Å². The Labute approximate surface area is 86.1 Å². The number of nitrogens with one attached hydrogen (secondary N) is 1. The molecule has 86 valence electrons. The van der Waals surface area contributed by atoms with Gasteiger partial charge in [-0.3, -0.25) is 0 Å². The third kappa shape index (κ3) is 4.90. The molecule has 5 nitrogen and oxygen atoms in total. The molecule has 3 N–H and O–H groups in total. The van der Waals surface area contributed by atoms with E-state index in [1.54, 1.807) is 13.8 Å². The zero-order valence-corrected chi connectivity index (χ0v) is 9.80. The van der Waals surface area contributed by atoms with Gasteiger partial charge in [-0.15, -0.1) is 0 Å². The summed E-state index contributed by atoms with van der Waals surface area (Å²) in [6, 6.07) is -0.214. The van der Waals surface area contributed by atoms with E-state index in [2.05, 4.69) is 4.72 Å². The van der Waals surface area contributed by atoms with Crippen LogP contribution in [0, 0.1) is 0 Å². The number of ether oxygens (including phenoxy) is 1. The number of hydrogen-bond acceptors (Lipinski definition) is 4. The summed E-state index contributed by atoms with van der Waals surface area (Å²) in [5.41, 5.74) is 5.28. The van der Waals surface area contributed by atoms with Gasteiger partial charge in [0.15, 0.2) is 0 Å². The summed E-state index contributed by atoms with van der Waals surface area (Å²) in [6.07, 6.45) is 0. The second kappa shape index (κ2) is 6.34. The molecule has 0 bridgehead atoms. The minimum absolute atomic E-state index is 0.122. The summed E-state index contributed by atoms with van der Waals surface area (Å²) in [4.78, 5) is 0. The second-order valence-corrected chi connectivity index (χ2v) is 5.40. The molecule has 0 aliphatic carbocycles. The number of sulfonamides is 1. The fraction of sp³-hybridized carbons (Fsp3) is 1.00. The highest BCUT2D eigenvalue weighted by molar-refractivity contribution is 7.90. The van der Waals surface area contributed by atoms with E-state index in [0.717, 1.165) is 0 Å². The summed E-state index contributed by atoms with van der Waals surface area (Å²) in [6.45, 7) is 6.29. The summed E-state index contributed by atoms with van der Waals surface area (Å²) in [5.74, 6) is 0. The van der Waals surface area contributed by atoms with Gasteiger partial charge in [0.2, 0.25) is 10.0 Å². The summed E-state index contributed by atoms with van der Waals surface area (Å²) in [7, 11) is -3.30. The Hall–Kier alpha value is -0.170. The van der Waals surface area contributed by atoms with Crippen LogP contribution in [0.4, 0.5) is 0 Å². The Kier molecular flexibility index (Phi) is 6.26. The van der Waals surface area contributed by atoms with Gasteiger partial charge in [-0.1, -0.05) is 0 Å². The van der Waals surface area contributed by atoms with Gasteiger partial charge in [-0.05, 0) is 20.8 Å². The van der Waals surface area contributed by atoms with E-state index in [1.165, 1.54) is 0 Å². The molecule has 14 heavy (non-hydrogen) atoms. The molecule has 0 saturated carbocycles. The quantitative estimate of drug-likeness (QED) is 0.621. The van der Waals surface area contributed by atoms with Crippen molar-refractivity contribution in [1.29, 1.82) is 0 Å². The maximum absolute atomic E-state index is 11.5. The van der Waals surface area contributed by atoms with Crippen molar-refractivity contribution in [3.63, 3.8) is 0 Å². The molecule has 0 radical (unpaired) electrons. The molecule has 0 aromatic carbocycles. The Morgan fingerprint density at radius 1 is 1.43 bits per heavy atom. The first-order chi connectivity index (χ1) is 6.44. The van der Waals surface area contributed by atoms with Crippen molar-refractivity contribution in [1.82, 2.24) is 4.72 Å². The van der Waals surface area contributed by atoms with E-state index in [0.29, 0.717) is 13.2 Å². The SMILES string of the molecule is CCOCC(C)NS(=O)(=O)C(C)CN. The van der Waals surface area contributed by atoms with Crippen molar-refractivity contribution >= 4 is 10.0 Å². The van der Waals surface area contributed by atoms with E-state index >= 15 is 0 Å². The number of rotatable bonds is 7. The van der Waals surface area contributed by atoms with Crippen molar-refractivity contribution in [3.05, 3.63) is 0 Å². The molecule has 6 heteroatoms. The monoisotopic (exact) mass is 224 g/mol. The fourth-order valence-electron chi connectivity index (χ4n) is 0.852. The lowest BCUT2D eigenvalue weighted by Gasteiger charge is -2.17. The highest BCUT2D eigenvalue weighted by Gasteiger charge is 2.20. The van der Waals surface area contributed by atoms with Crippen LogP contribution in [-0.2, 0) is 14.8 Å². The van der Waals surface area contributed by atoms with Gasteiger partial charge in [0.05, 0.1) is 11.9 Å². The molecule has 2 atom stereocenters. The molecule has 0 aliphatic rings. The molecule has 0 amide bonds. The summed E-state index contributed by atoms with van der Waals surface area (Å²) in [5, 5.41) is -0.563. The lowest BCUT2D eigenvalue weighted by atomic mass is 10.4. The highest BCUT2D eigenvalue weighted by atomic mass is 32.2. The van der Waals surface area contributed by atoms with Gasteiger partial charge in [-0.25, -0.2) is 13.1 Å². The predicted octanol–water partition coefficient (Wildman–Crippen LogP) is -0.322. The molecular weight excluding hydrogens is 204 g/mol. The predicted molar refractivity (Wildman–Crippen MR) is 56.5 cm³/mol. The summed E-state index contributed by atoms with van der Waals surface area (Å²) < 4.78 is 30.6. The average molecular weight is 224 g/mol. The second-order valence-electron chi connectivity index (χ2n) is 3.27. The van der Waals surface area contributed by atoms with Gasteiger partial charge in [0.1, 0.15) is 0 Å². The van der Waals surface area contributed by atoms with Crippen LogP contribution in [0.1, 0.15) is 20.8 Å². The van der Waals surface area contributed by atoms with Crippen molar-refractivity contribution in [2.45, 2.75) is 32.1 Å². The minimum Gasteiger partial charge on any atom is -0.380 e. The van der Waals surface area contributed by atoms with Crippen LogP contribution < -0.4 is 10.5 Å². The van der Waals surface area contributed by atoms with Crippen LogP contribution in [0.3, 0.4) is 0 Å². The van der Waals surface area contributed by atoms with E-state index in [4.69, 9.17) is 10.5 Å². The maximum atomic E-state index is 11.5. The van der Waals surface area contributed by atoms with Crippen LogP contribution in [0.2, 0.25) is 0 Å². The summed E-state index contributed by atoms with van der Waals surface area (Å²) >= 11 is 0. The van der Waals surface area contributed by atoms with Gasteiger partial charge in [0, 0.05) is 19.2 Å². The Bertz CT molecular complexity index is 241. The minimum atomic E-state index is -3.30. The van der Waals surface area contributed by atoms with Crippen molar-refractivity contribution < 1.29 is 13.2 Å². The van der Waals surface area contributed by atoms with Crippen LogP contribution >= 0.6 is 0 Å². The van der Waals surface area contributed by atoms with Crippen molar-refractivity contribution in [2.24, 2.45) is 5.73 Å². The topological polar surface area (TPSA) is 81.4 Å². The number of nitrogens with two attached hydrogens (primary N) is 1. The first-order valence-corrected chi connectivity index (χ1v) is 6.27. The molecular formula is C8H20N2O3S. The highest BCUT2D eigenvalue weighted by Crippen LogP contribution is 1.98. The maximum Gasteiger partial charge on any atom is 0.215 e. The molecule has 0 aromatic heterocycles. The lowest BCUT2D eigenvalue weighted by Crippen LogP contribution is -2.43. The molecule has 2 unspecified atom stereocenters. The van der Waals surface area contributed by atoms with Crippen LogP contribution in [0.5, 0.6) is 0 Å². The molecule has 0 aliphatic heterocycles. The smallest absolute Gasteiger partial charge is 0.215 e. The first kappa shape index (κ1) is 13.8. The lowest BCUT2D eigenvalue weighted by molar-refractivity contribution is 0.133. The zero-order valence-electron chi connectivity index (χ0n) is 8.99. The third-order valence-electron chi connectivity index (χ3n) is 1.80. The Morgan fingerprint density at radius 3 is 2.43 bits per heavy atom. The van der Waals surface area contributed by atoms with Gasteiger partial charge < -0.3 is 10.5 Å². The van der Waals surface area contributed by atoms with Gasteiger partial charge >= 0.3 is 0 Å². The molecule has 0 spiro atoms. The van der Waals surface area contributed by atoms with Crippen LogP contribution in [0.15, 0.2) is 0 Å². The largest absolute Gasteiger partial charge is 0.380 e. The van der Waals surface area contributed by atoms with E-state index in [1.807, 2.05) is 6.92 Å². The van der Waals surface area contributed by atoms with Gasteiger partial charge in [-0.2, -0.15) is 0 Å². The van der Waals surface area contributed by atoms with Crippen LogP contribution in [0.25, 0.3) is 0 Å². The third-order valence-corrected chi connectivity index (χ3v) is 3.78. The molecule has 0 fully saturated rings. The van der Waals surface area contributed by atoms with E-state index < -0.39 is 15.3 Å². The standard InChI is InChI=1S/C8H20N2O3S/c1-4-13-6-7(2)10-14(11,12)8(3)5-9/h7-8,10H,4-6,9H2,1-3H3. The Balaban J connectivity index is 4.09. The Morgan fingerprint density at radius 2 is 2.00 bits per heavy atom. The molecule has 0 saturated heterocycles. The first-order valence-electron chi connectivity index (χ1n) is 4.73.